The van der Waals surface area contributed by atoms with Gasteiger partial charge in [0.25, 0.3) is 0 Å². The molecule has 1 aliphatic rings. The van der Waals surface area contributed by atoms with E-state index in [0.29, 0.717) is 11.8 Å². The lowest BCUT2D eigenvalue weighted by Gasteiger charge is -2.31. The summed E-state index contributed by atoms with van der Waals surface area (Å²) in [7, 11) is 0. The topological polar surface area (TPSA) is 35.2 Å². The number of nitrogens with two attached hydrogens (primary N) is 1. The number of benzene rings is 1. The van der Waals surface area contributed by atoms with E-state index in [-0.39, 0.29) is 6.10 Å². The van der Waals surface area contributed by atoms with Gasteiger partial charge in [0.1, 0.15) is 5.75 Å². The molecule has 100 valence electrons. The lowest BCUT2D eigenvalue weighted by Crippen LogP contribution is -2.25. The van der Waals surface area contributed by atoms with Gasteiger partial charge in [-0.3, -0.25) is 0 Å². The zero-order valence-electron chi connectivity index (χ0n) is 11.6. The lowest BCUT2D eigenvalue weighted by molar-refractivity contribution is 0.241. The van der Waals surface area contributed by atoms with Gasteiger partial charge in [0.2, 0.25) is 0 Å². The second-order valence-corrected chi connectivity index (χ2v) is 5.63. The molecule has 0 aliphatic heterocycles. The highest BCUT2D eigenvalue weighted by Gasteiger charge is 2.25. The van der Waals surface area contributed by atoms with Crippen molar-refractivity contribution in [2.75, 3.05) is 6.54 Å². The molecule has 0 spiro atoms. The first-order chi connectivity index (χ1) is 8.70. The summed E-state index contributed by atoms with van der Waals surface area (Å²) in [5.74, 6) is 2.26. The maximum Gasteiger partial charge on any atom is 0.119 e. The zero-order chi connectivity index (χ0) is 13.0. The van der Waals surface area contributed by atoms with Crippen LogP contribution < -0.4 is 10.5 Å². The molecule has 2 rings (SSSR count). The van der Waals surface area contributed by atoms with Gasteiger partial charge >= 0.3 is 0 Å². The molecule has 1 fully saturated rings. The number of hydrogen-bond donors (Lipinski definition) is 1. The van der Waals surface area contributed by atoms with Crippen molar-refractivity contribution in [1.82, 2.24) is 0 Å². The predicted octanol–water partition coefficient (Wildman–Crippen LogP) is 3.71. The predicted molar refractivity (Wildman–Crippen MR) is 76.0 cm³/mol. The van der Waals surface area contributed by atoms with E-state index in [4.69, 9.17) is 10.5 Å². The largest absolute Gasteiger partial charge is 0.491 e. The third-order valence-electron chi connectivity index (χ3n) is 3.87. The van der Waals surface area contributed by atoms with Gasteiger partial charge in [-0.25, -0.2) is 0 Å². The molecule has 2 heteroatoms. The van der Waals surface area contributed by atoms with Gasteiger partial charge in [0, 0.05) is 0 Å². The molecule has 0 bridgehead atoms. The normalized spacial score (nSPS) is 24.2. The van der Waals surface area contributed by atoms with Gasteiger partial charge < -0.3 is 10.5 Å². The van der Waals surface area contributed by atoms with Crippen molar-refractivity contribution in [2.45, 2.75) is 51.6 Å². The van der Waals surface area contributed by atoms with Crippen molar-refractivity contribution in [2.24, 2.45) is 11.7 Å². The minimum absolute atomic E-state index is 0.233. The van der Waals surface area contributed by atoms with Crippen LogP contribution in [0.25, 0.3) is 0 Å². The van der Waals surface area contributed by atoms with Crippen LogP contribution in [0.3, 0.4) is 0 Å². The Balaban J connectivity index is 2.15. The number of hydrogen-bond acceptors (Lipinski definition) is 2. The van der Waals surface area contributed by atoms with Gasteiger partial charge in [-0.1, -0.05) is 25.0 Å². The van der Waals surface area contributed by atoms with Crippen LogP contribution >= 0.6 is 0 Å². The Morgan fingerprint density at radius 3 is 2.78 bits per heavy atom. The monoisotopic (exact) mass is 247 g/mol. The molecule has 0 amide bonds. The van der Waals surface area contributed by atoms with Crippen LogP contribution in [0.15, 0.2) is 24.3 Å². The van der Waals surface area contributed by atoms with Crippen molar-refractivity contribution < 1.29 is 4.74 Å². The Morgan fingerprint density at radius 1 is 1.28 bits per heavy atom. The van der Waals surface area contributed by atoms with Crippen LogP contribution in [0.4, 0.5) is 0 Å². The van der Waals surface area contributed by atoms with Gasteiger partial charge in [0.15, 0.2) is 0 Å². The third-order valence-corrected chi connectivity index (χ3v) is 3.87. The SMILES string of the molecule is CC(C)Oc1cccc(C2CCCCC2CN)c1. The molecule has 2 atom stereocenters. The highest BCUT2D eigenvalue weighted by molar-refractivity contribution is 5.31. The zero-order valence-corrected chi connectivity index (χ0v) is 11.6. The standard InChI is InChI=1S/C16H25NO/c1-12(2)18-15-8-5-7-13(10-15)16-9-4-3-6-14(16)11-17/h5,7-8,10,12,14,16H,3-4,6,9,11,17H2,1-2H3. The fourth-order valence-electron chi connectivity index (χ4n) is 3.02. The minimum Gasteiger partial charge on any atom is -0.491 e. The molecular formula is C16H25NO. The molecule has 1 aliphatic carbocycles. The molecule has 0 heterocycles. The van der Waals surface area contributed by atoms with Gasteiger partial charge in [-0.2, -0.15) is 0 Å². The van der Waals surface area contributed by atoms with Gasteiger partial charge in [0.05, 0.1) is 6.10 Å². The summed E-state index contributed by atoms with van der Waals surface area (Å²) in [6.45, 7) is 4.94. The molecule has 18 heavy (non-hydrogen) atoms. The van der Waals surface area contributed by atoms with E-state index in [1.54, 1.807) is 0 Å². The molecule has 0 aromatic heterocycles. The van der Waals surface area contributed by atoms with Crippen LogP contribution in [-0.2, 0) is 0 Å². The van der Waals surface area contributed by atoms with Gasteiger partial charge in [-0.05, 0) is 62.8 Å². The van der Waals surface area contributed by atoms with E-state index in [1.165, 1.54) is 31.2 Å². The Morgan fingerprint density at radius 2 is 2.06 bits per heavy atom. The fourth-order valence-corrected chi connectivity index (χ4v) is 3.02. The third kappa shape index (κ3) is 3.26. The highest BCUT2D eigenvalue weighted by Crippen LogP contribution is 2.38. The summed E-state index contributed by atoms with van der Waals surface area (Å²) in [4.78, 5) is 0. The van der Waals surface area contributed by atoms with Crippen LogP contribution in [0.2, 0.25) is 0 Å². The summed E-state index contributed by atoms with van der Waals surface area (Å²) in [5.41, 5.74) is 7.32. The average molecular weight is 247 g/mol. The van der Waals surface area contributed by atoms with E-state index in [1.807, 2.05) is 6.07 Å². The molecule has 2 nitrogen and oxygen atoms in total. The highest BCUT2D eigenvalue weighted by atomic mass is 16.5. The molecule has 2 N–H and O–H groups in total. The second kappa shape index (κ2) is 6.24. The molecular weight excluding hydrogens is 222 g/mol. The molecule has 0 radical (unpaired) electrons. The summed E-state index contributed by atoms with van der Waals surface area (Å²) in [6.07, 6.45) is 5.44. The van der Waals surface area contributed by atoms with Crippen molar-refractivity contribution in [3.63, 3.8) is 0 Å². The van der Waals surface area contributed by atoms with Crippen LogP contribution in [-0.4, -0.2) is 12.6 Å². The van der Waals surface area contributed by atoms with Gasteiger partial charge in [-0.15, -0.1) is 0 Å². The number of ether oxygens (including phenoxy) is 1. The van der Waals surface area contributed by atoms with Crippen molar-refractivity contribution >= 4 is 0 Å². The fraction of sp³-hybridized carbons (Fsp3) is 0.625. The minimum atomic E-state index is 0.233. The molecule has 2 unspecified atom stereocenters. The summed E-state index contributed by atoms with van der Waals surface area (Å²) in [6, 6.07) is 8.59. The van der Waals surface area contributed by atoms with E-state index in [9.17, 15) is 0 Å². The molecule has 0 saturated heterocycles. The Labute approximate surface area is 111 Å². The van der Waals surface area contributed by atoms with Crippen molar-refractivity contribution in [3.8, 4) is 5.75 Å². The quantitative estimate of drug-likeness (QED) is 0.880. The van der Waals surface area contributed by atoms with Crippen LogP contribution in [0, 0.1) is 5.92 Å². The Kier molecular flexibility index (Phi) is 4.65. The van der Waals surface area contributed by atoms with Crippen LogP contribution in [0.5, 0.6) is 5.75 Å². The second-order valence-electron chi connectivity index (χ2n) is 5.63. The Hall–Kier alpha value is -1.02. The van der Waals surface area contributed by atoms with E-state index in [0.717, 1.165) is 12.3 Å². The summed E-state index contributed by atoms with van der Waals surface area (Å²) >= 11 is 0. The smallest absolute Gasteiger partial charge is 0.119 e. The maximum atomic E-state index is 5.92. The summed E-state index contributed by atoms with van der Waals surface area (Å²) < 4.78 is 5.78. The van der Waals surface area contributed by atoms with Crippen molar-refractivity contribution in [1.29, 1.82) is 0 Å². The first-order valence-electron chi connectivity index (χ1n) is 7.17. The van der Waals surface area contributed by atoms with E-state index in [2.05, 4.69) is 32.0 Å². The van der Waals surface area contributed by atoms with Crippen LogP contribution in [0.1, 0.15) is 51.0 Å². The first kappa shape index (κ1) is 13.4. The molecule has 1 saturated carbocycles. The number of rotatable bonds is 4. The lowest BCUT2D eigenvalue weighted by atomic mass is 9.75. The first-order valence-corrected chi connectivity index (χ1v) is 7.17. The average Bonchev–Trinajstić information content (AvgIpc) is 2.38. The maximum absolute atomic E-state index is 5.92. The molecule has 1 aromatic carbocycles. The molecule has 1 aromatic rings. The Bertz CT molecular complexity index is 375. The summed E-state index contributed by atoms with van der Waals surface area (Å²) in [5, 5.41) is 0. The van der Waals surface area contributed by atoms with E-state index < -0.39 is 0 Å². The van der Waals surface area contributed by atoms with Crippen molar-refractivity contribution in [3.05, 3.63) is 29.8 Å². The van der Waals surface area contributed by atoms with E-state index >= 15 is 0 Å².